The molecule has 35 heavy (non-hydrogen) atoms. The molecule has 0 spiro atoms. The van der Waals surface area contributed by atoms with E-state index in [4.69, 9.17) is 0 Å². The van der Waals surface area contributed by atoms with Crippen LogP contribution >= 0.6 is 0 Å². The van der Waals surface area contributed by atoms with Crippen LogP contribution in [0.25, 0.3) is 5.70 Å². The van der Waals surface area contributed by atoms with E-state index in [2.05, 4.69) is 54.7 Å². The standard InChI is InChI=1S/C32H41FN2/c1-5-7-17-30(6-2)35-24-29-23-27(19-20-31(29)26(35)4)15-11-9-8-10-14-21-34-25(3)22-28-16-12-13-18-32(28)33/h5-6,12-13,16,18-20,23,30,34H,1-4,7-11,14-15,17,21-22,24H2. The van der Waals surface area contributed by atoms with Crippen LogP contribution < -0.4 is 5.32 Å². The summed E-state index contributed by atoms with van der Waals surface area (Å²) in [4.78, 5) is 2.38. The van der Waals surface area contributed by atoms with Crippen LogP contribution in [-0.4, -0.2) is 17.5 Å². The van der Waals surface area contributed by atoms with Crippen LogP contribution in [0.4, 0.5) is 4.39 Å². The van der Waals surface area contributed by atoms with E-state index in [1.54, 1.807) is 6.07 Å². The Morgan fingerprint density at radius 1 is 1.06 bits per heavy atom. The smallest absolute Gasteiger partial charge is 0.126 e. The molecule has 0 aliphatic carbocycles. The van der Waals surface area contributed by atoms with E-state index in [-0.39, 0.29) is 5.82 Å². The molecule has 2 aromatic carbocycles. The summed E-state index contributed by atoms with van der Waals surface area (Å²) < 4.78 is 13.7. The van der Waals surface area contributed by atoms with Crippen LogP contribution in [0.2, 0.25) is 0 Å². The maximum atomic E-state index is 13.7. The van der Waals surface area contributed by atoms with Gasteiger partial charge in [0, 0.05) is 42.5 Å². The molecule has 0 amide bonds. The first-order valence-corrected chi connectivity index (χ1v) is 13.0. The number of allylic oxidation sites excluding steroid dienone is 2. The number of halogens is 1. The quantitative estimate of drug-likeness (QED) is 0.197. The van der Waals surface area contributed by atoms with Gasteiger partial charge in [0.15, 0.2) is 0 Å². The van der Waals surface area contributed by atoms with Gasteiger partial charge < -0.3 is 10.2 Å². The van der Waals surface area contributed by atoms with Crippen molar-refractivity contribution in [1.82, 2.24) is 10.2 Å². The van der Waals surface area contributed by atoms with Gasteiger partial charge in [-0.25, -0.2) is 4.39 Å². The van der Waals surface area contributed by atoms with Crippen LogP contribution in [0, 0.1) is 5.82 Å². The Labute approximate surface area is 211 Å². The summed E-state index contributed by atoms with van der Waals surface area (Å²) in [6.45, 7) is 18.1. The molecular weight excluding hydrogens is 431 g/mol. The monoisotopic (exact) mass is 472 g/mol. The second-order valence-electron chi connectivity index (χ2n) is 9.55. The average Bonchev–Trinajstić information content (AvgIpc) is 3.18. The molecule has 1 N–H and O–H groups in total. The minimum atomic E-state index is -0.162. The lowest BCUT2D eigenvalue weighted by molar-refractivity contribution is 0.334. The first kappa shape index (κ1) is 26.5. The normalized spacial score (nSPS) is 13.4. The van der Waals surface area contributed by atoms with Crippen LogP contribution in [0.1, 0.15) is 67.2 Å². The zero-order chi connectivity index (χ0) is 25.0. The van der Waals surface area contributed by atoms with Crippen molar-refractivity contribution in [2.24, 2.45) is 0 Å². The number of fused-ring (bicyclic) bond motifs is 1. The van der Waals surface area contributed by atoms with Gasteiger partial charge >= 0.3 is 0 Å². The highest BCUT2D eigenvalue weighted by Gasteiger charge is 2.26. The Morgan fingerprint density at radius 3 is 2.60 bits per heavy atom. The van der Waals surface area contributed by atoms with E-state index in [0.717, 1.165) is 50.2 Å². The van der Waals surface area contributed by atoms with Crippen molar-refractivity contribution in [2.45, 2.75) is 70.4 Å². The van der Waals surface area contributed by atoms with Crippen LogP contribution in [0.5, 0.6) is 0 Å². The number of hydrogen-bond donors (Lipinski definition) is 1. The topological polar surface area (TPSA) is 15.3 Å². The van der Waals surface area contributed by atoms with Crippen LogP contribution in [-0.2, 0) is 19.4 Å². The lowest BCUT2D eigenvalue weighted by Gasteiger charge is -2.27. The maximum absolute atomic E-state index is 13.7. The molecule has 3 rings (SSSR count). The van der Waals surface area contributed by atoms with E-state index < -0.39 is 0 Å². The molecule has 0 saturated heterocycles. The van der Waals surface area contributed by atoms with E-state index in [9.17, 15) is 4.39 Å². The third-order valence-corrected chi connectivity index (χ3v) is 6.89. The van der Waals surface area contributed by atoms with E-state index in [0.29, 0.717) is 18.0 Å². The van der Waals surface area contributed by atoms with Gasteiger partial charge in [-0.2, -0.15) is 0 Å². The fourth-order valence-corrected chi connectivity index (χ4v) is 4.84. The Kier molecular flexibility index (Phi) is 10.4. The molecule has 1 aliphatic heterocycles. The van der Waals surface area contributed by atoms with Crippen LogP contribution in [0.3, 0.4) is 0 Å². The van der Waals surface area contributed by atoms with Crippen molar-refractivity contribution in [3.8, 4) is 0 Å². The third kappa shape index (κ3) is 7.71. The van der Waals surface area contributed by atoms with Gasteiger partial charge in [0.25, 0.3) is 0 Å². The predicted octanol–water partition coefficient (Wildman–Crippen LogP) is 7.97. The summed E-state index contributed by atoms with van der Waals surface area (Å²) in [5.41, 5.74) is 6.79. The Balaban J connectivity index is 1.31. The van der Waals surface area contributed by atoms with Crippen LogP contribution in [0.15, 0.2) is 86.6 Å². The molecule has 0 fully saturated rings. The summed E-state index contributed by atoms with van der Waals surface area (Å²) in [6, 6.07) is 14.1. The Bertz CT molecular complexity index is 1020. The molecule has 2 nitrogen and oxygen atoms in total. The molecule has 186 valence electrons. The highest BCUT2D eigenvalue weighted by molar-refractivity contribution is 5.69. The van der Waals surface area contributed by atoms with Gasteiger partial charge in [-0.3, -0.25) is 0 Å². The number of nitrogens with zero attached hydrogens (tertiary/aromatic N) is 1. The minimum Gasteiger partial charge on any atom is -0.389 e. The number of aryl methyl sites for hydroxylation is 1. The summed E-state index contributed by atoms with van der Waals surface area (Å²) in [5, 5.41) is 3.35. The maximum Gasteiger partial charge on any atom is 0.126 e. The molecule has 0 bridgehead atoms. The zero-order valence-electron chi connectivity index (χ0n) is 21.2. The molecule has 0 radical (unpaired) electrons. The zero-order valence-corrected chi connectivity index (χ0v) is 21.2. The van der Waals surface area contributed by atoms with Gasteiger partial charge in [-0.05, 0) is 54.9 Å². The first-order chi connectivity index (χ1) is 17.0. The second kappa shape index (κ2) is 13.7. The lowest BCUT2D eigenvalue weighted by atomic mass is 10.0. The number of benzene rings is 2. The van der Waals surface area contributed by atoms with Crippen molar-refractivity contribution in [1.29, 1.82) is 0 Å². The molecule has 0 aromatic heterocycles. The highest BCUT2D eigenvalue weighted by Crippen LogP contribution is 2.35. The summed E-state index contributed by atoms with van der Waals surface area (Å²) in [7, 11) is 0. The second-order valence-corrected chi connectivity index (χ2v) is 9.55. The molecule has 1 aliphatic rings. The molecule has 1 atom stereocenters. The number of rotatable bonds is 16. The number of hydrogen-bond acceptors (Lipinski definition) is 2. The molecule has 1 unspecified atom stereocenters. The molecule has 0 saturated carbocycles. The molecule has 3 heteroatoms. The average molecular weight is 473 g/mol. The third-order valence-electron chi connectivity index (χ3n) is 6.89. The van der Waals surface area contributed by atoms with Crippen molar-refractivity contribution >= 4 is 5.70 Å². The summed E-state index contributed by atoms with van der Waals surface area (Å²) in [5.74, 6) is -0.162. The van der Waals surface area contributed by atoms with Crippen molar-refractivity contribution in [3.63, 3.8) is 0 Å². The summed E-state index contributed by atoms with van der Waals surface area (Å²) in [6.07, 6.45) is 13.7. The molecular formula is C32H41FN2. The summed E-state index contributed by atoms with van der Waals surface area (Å²) >= 11 is 0. The van der Waals surface area contributed by atoms with Gasteiger partial charge in [0.05, 0.1) is 0 Å². The van der Waals surface area contributed by atoms with Crippen molar-refractivity contribution in [3.05, 3.63) is 115 Å². The SMILES string of the molecule is C=CCCC(C=C)N1Cc2cc(CCCCCCCNC(=C)Cc3ccccc3F)ccc2C1=C. The largest absolute Gasteiger partial charge is 0.389 e. The van der Waals surface area contributed by atoms with Gasteiger partial charge in [0.2, 0.25) is 0 Å². The first-order valence-electron chi connectivity index (χ1n) is 13.0. The minimum absolute atomic E-state index is 0.162. The number of nitrogens with one attached hydrogen (secondary N) is 1. The van der Waals surface area contributed by atoms with E-state index in [1.807, 2.05) is 24.3 Å². The van der Waals surface area contributed by atoms with Gasteiger partial charge in [-0.1, -0.05) is 81.0 Å². The van der Waals surface area contributed by atoms with Crippen molar-refractivity contribution < 1.29 is 4.39 Å². The van der Waals surface area contributed by atoms with Gasteiger partial charge in [-0.15, -0.1) is 13.2 Å². The lowest BCUT2D eigenvalue weighted by Crippen LogP contribution is -2.27. The molecule has 2 aromatic rings. The van der Waals surface area contributed by atoms with E-state index >= 15 is 0 Å². The predicted molar refractivity (Wildman–Crippen MR) is 148 cm³/mol. The fourth-order valence-electron chi connectivity index (χ4n) is 4.84. The fraction of sp³-hybridized carbons (Fsp3) is 0.375. The molecule has 1 heterocycles. The van der Waals surface area contributed by atoms with E-state index in [1.165, 1.54) is 48.4 Å². The Hall–Kier alpha value is -3.07. The van der Waals surface area contributed by atoms with Crippen molar-refractivity contribution in [2.75, 3.05) is 6.54 Å². The number of unbranched alkanes of at least 4 members (excludes halogenated alkanes) is 4. The van der Waals surface area contributed by atoms with Gasteiger partial charge in [0.1, 0.15) is 5.82 Å². The highest BCUT2D eigenvalue weighted by atomic mass is 19.1. The Morgan fingerprint density at radius 2 is 1.83 bits per heavy atom.